The molecule has 0 saturated heterocycles. The van der Waals surface area contributed by atoms with Crippen molar-refractivity contribution in [2.75, 3.05) is 0 Å². The second-order valence-electron chi connectivity index (χ2n) is 8.00. The second-order valence-corrected chi connectivity index (χ2v) is 8.00. The molecular weight excluding hydrogens is 522 g/mol. The maximum atomic E-state index is 9.75. The van der Waals surface area contributed by atoms with Crippen LogP contribution in [0.4, 0.5) is 45.9 Å². The normalized spacial score (nSPS) is 11.4. The maximum Gasteiger partial charge on any atom is 0.673 e. The summed E-state index contributed by atoms with van der Waals surface area (Å²) >= 11 is 0. The van der Waals surface area contributed by atoms with Crippen LogP contribution in [0.25, 0.3) is 53.6 Å². The first-order chi connectivity index (χ1) is 17.6. The van der Waals surface area contributed by atoms with Crippen molar-refractivity contribution in [2.24, 2.45) is 0 Å². The van der Waals surface area contributed by atoms with Gasteiger partial charge in [-0.15, -0.1) is 0 Å². The van der Waals surface area contributed by atoms with Crippen molar-refractivity contribution >= 4 is 69.5 Å². The molecule has 0 spiro atoms. The Morgan fingerprint density at radius 3 is 1.16 bits per heavy atom. The Labute approximate surface area is 208 Å². The van der Waals surface area contributed by atoms with Crippen LogP contribution in [0, 0.1) is 24.6 Å². The summed E-state index contributed by atoms with van der Waals surface area (Å²) in [7, 11) is -12.0. The van der Waals surface area contributed by atoms with Gasteiger partial charge in [0.15, 0.2) is 9.95 Å². The van der Waals surface area contributed by atoms with Crippen LogP contribution in [0.3, 0.4) is 0 Å². The molecule has 0 saturated carbocycles. The number of rotatable bonds is 0. The van der Waals surface area contributed by atoms with Crippen LogP contribution in [0.1, 0.15) is 11.1 Å². The third-order valence-electron chi connectivity index (χ3n) is 5.32. The zero-order valence-corrected chi connectivity index (χ0v) is 19.5. The number of diazo groups is 2. The summed E-state index contributed by atoms with van der Waals surface area (Å²) in [4.78, 5) is 16.5. The molecule has 0 radical (unpaired) electrons. The molecule has 1 aromatic heterocycles. The first kappa shape index (κ1) is 28.0. The fraction of sp³-hybridized carbons (Fsp3) is 0.0909. The van der Waals surface area contributed by atoms with Gasteiger partial charge in [0.1, 0.15) is 0 Å². The topological polar surface area (TPSA) is 82.1 Å². The van der Waals surface area contributed by atoms with E-state index in [9.17, 15) is 45.3 Å². The third kappa shape index (κ3) is 6.79. The first-order valence-electron chi connectivity index (χ1n) is 10.6. The molecule has 4 aromatic carbocycles. The highest BCUT2D eigenvalue weighted by Crippen LogP contribution is 2.37. The molecule has 0 aliphatic rings. The van der Waals surface area contributed by atoms with E-state index in [1.165, 1.54) is 0 Å². The molecule has 6 nitrogen and oxygen atoms in total. The minimum Gasteiger partial charge on any atom is -0.418 e. The van der Waals surface area contributed by atoms with Crippen LogP contribution in [0.5, 0.6) is 0 Å². The van der Waals surface area contributed by atoms with Gasteiger partial charge in [-0.05, 0) is 60.0 Å². The van der Waals surface area contributed by atoms with Crippen molar-refractivity contribution in [2.45, 2.75) is 13.8 Å². The predicted octanol–water partition coefficient (Wildman–Crippen LogP) is 9.28. The van der Waals surface area contributed by atoms with Gasteiger partial charge < -0.3 is 34.5 Å². The lowest BCUT2D eigenvalue weighted by molar-refractivity contribution is 0.366. The van der Waals surface area contributed by atoms with E-state index in [-0.39, 0.29) is 0 Å². The number of halogens is 8. The van der Waals surface area contributed by atoms with E-state index in [1.807, 2.05) is 36.4 Å². The third-order valence-corrected chi connectivity index (χ3v) is 5.32. The van der Waals surface area contributed by atoms with Crippen LogP contribution in [-0.2, 0) is 0 Å². The Bertz CT molecular complexity index is 1630. The smallest absolute Gasteiger partial charge is 0.418 e. The first-order valence-corrected chi connectivity index (χ1v) is 10.6. The Balaban J connectivity index is 0.000000344. The molecule has 5 aromatic rings. The number of aromatic nitrogens is 2. The molecule has 0 amide bonds. The molecule has 0 unspecified atom stereocenters. The lowest BCUT2D eigenvalue weighted by Crippen LogP contribution is -2.02. The summed E-state index contributed by atoms with van der Waals surface area (Å²) in [5.74, 6) is 0. The number of benzene rings is 4. The van der Waals surface area contributed by atoms with E-state index in [1.54, 1.807) is 12.1 Å². The Morgan fingerprint density at radius 2 is 0.868 bits per heavy atom. The largest absolute Gasteiger partial charge is 0.673 e. The summed E-state index contributed by atoms with van der Waals surface area (Å²) in [5.41, 5.74) is 6.28. The molecule has 38 heavy (non-hydrogen) atoms. The van der Waals surface area contributed by atoms with Gasteiger partial charge in [-0.1, -0.05) is 0 Å². The van der Waals surface area contributed by atoms with Crippen molar-refractivity contribution in [3.63, 3.8) is 0 Å². The molecule has 16 heteroatoms. The molecule has 194 valence electrons. The van der Waals surface area contributed by atoms with E-state index in [0.717, 1.165) is 54.7 Å². The van der Waals surface area contributed by atoms with Gasteiger partial charge in [0, 0.05) is 35.0 Å². The zero-order valence-electron chi connectivity index (χ0n) is 19.5. The zero-order chi connectivity index (χ0) is 28.4. The fourth-order valence-electron chi connectivity index (χ4n) is 3.74. The van der Waals surface area contributed by atoms with Crippen molar-refractivity contribution in [1.29, 1.82) is 10.8 Å². The molecule has 0 fully saturated rings. The summed E-state index contributed by atoms with van der Waals surface area (Å²) in [6, 6.07) is 15.0. The molecular formula is C22H14B2F8N6. The number of aryl methyl sites for hydroxylation is 2. The standard InChI is InChI=1S/C22H14N6.2BF4/c1-11-7-19-20(8-12(11)2)26-22-18-10-14(28-24)4-6-16(18)15-5-3-13(27-23)9-17(15)21(22)25-19;2*2-1(3,4)5/h3-10H,1-2H3;;/q+2;2*-1. The molecule has 0 aliphatic heterocycles. The van der Waals surface area contributed by atoms with E-state index < -0.39 is 14.5 Å². The van der Waals surface area contributed by atoms with Crippen LogP contribution in [0.15, 0.2) is 48.5 Å². The van der Waals surface area contributed by atoms with Crippen LogP contribution >= 0.6 is 0 Å². The lowest BCUT2D eigenvalue weighted by atomic mass is 9.98. The summed E-state index contributed by atoms with van der Waals surface area (Å²) in [6.07, 6.45) is 0. The molecule has 0 bridgehead atoms. The summed E-state index contributed by atoms with van der Waals surface area (Å²) in [6.45, 7) is 4.11. The molecule has 1 heterocycles. The van der Waals surface area contributed by atoms with Gasteiger partial charge in [-0.2, -0.15) is 0 Å². The Hall–Kier alpha value is -4.59. The van der Waals surface area contributed by atoms with Gasteiger partial charge in [-0.25, -0.2) is 9.97 Å². The number of fused-ring (bicyclic) bond motifs is 7. The van der Waals surface area contributed by atoms with Crippen LogP contribution in [-0.4, -0.2) is 24.5 Å². The minimum atomic E-state index is -6.00. The highest BCUT2D eigenvalue weighted by molar-refractivity contribution is 6.50. The predicted molar refractivity (Wildman–Crippen MR) is 131 cm³/mol. The average molecular weight is 536 g/mol. The lowest BCUT2D eigenvalue weighted by Gasteiger charge is -2.10. The van der Waals surface area contributed by atoms with Crippen LogP contribution < -0.4 is 0 Å². The number of nitrogens with zero attached hydrogens (tertiary/aromatic N) is 6. The van der Waals surface area contributed by atoms with Gasteiger partial charge in [0.05, 0.1) is 22.1 Å². The molecule has 0 aliphatic carbocycles. The van der Waals surface area contributed by atoms with Gasteiger partial charge in [-0.3, -0.25) is 0 Å². The van der Waals surface area contributed by atoms with Gasteiger partial charge in [0.2, 0.25) is 10.8 Å². The second kappa shape index (κ2) is 10.4. The SMILES string of the molecule is Cc1cc2nc3c4cc([N+]#N)ccc4c4ccc([N+]#N)cc4c3nc2cc1C.F[B-](F)(F)F.F[B-](F)(F)F. The van der Waals surface area contributed by atoms with Gasteiger partial charge in [0.25, 0.3) is 0 Å². The number of hydrogen-bond acceptors (Lipinski definition) is 4. The Morgan fingerprint density at radius 1 is 0.553 bits per heavy atom. The van der Waals surface area contributed by atoms with Crippen molar-refractivity contribution in [3.8, 4) is 0 Å². The van der Waals surface area contributed by atoms with Crippen molar-refractivity contribution in [1.82, 2.24) is 9.97 Å². The maximum absolute atomic E-state index is 9.75. The van der Waals surface area contributed by atoms with E-state index >= 15 is 0 Å². The average Bonchev–Trinajstić information content (AvgIpc) is 2.81. The number of hydrogen-bond donors (Lipinski definition) is 0. The molecule has 5 rings (SSSR count). The summed E-state index contributed by atoms with van der Waals surface area (Å²) in [5, 5.41) is 22.1. The molecule has 0 N–H and O–H groups in total. The minimum absolute atomic E-state index is 0.456. The fourth-order valence-corrected chi connectivity index (χ4v) is 3.74. The Kier molecular flexibility index (Phi) is 7.67. The van der Waals surface area contributed by atoms with Crippen molar-refractivity contribution < 1.29 is 34.5 Å². The quantitative estimate of drug-likeness (QED) is 0.0650. The van der Waals surface area contributed by atoms with E-state index in [0.29, 0.717) is 11.4 Å². The van der Waals surface area contributed by atoms with Gasteiger partial charge >= 0.3 is 25.9 Å². The van der Waals surface area contributed by atoms with E-state index in [4.69, 9.17) is 9.97 Å². The monoisotopic (exact) mass is 536 g/mol. The van der Waals surface area contributed by atoms with E-state index in [2.05, 4.69) is 23.8 Å². The highest BCUT2D eigenvalue weighted by atomic mass is 19.5. The summed E-state index contributed by atoms with van der Waals surface area (Å²) < 4.78 is 78.0. The van der Waals surface area contributed by atoms with Crippen LogP contribution in [0.2, 0.25) is 0 Å². The van der Waals surface area contributed by atoms with Crippen molar-refractivity contribution in [3.05, 3.63) is 69.6 Å². The molecule has 0 atom stereocenters. The highest BCUT2D eigenvalue weighted by Gasteiger charge is 2.21.